The van der Waals surface area contributed by atoms with Crippen LogP contribution in [0.5, 0.6) is 5.88 Å². The molecule has 1 amide bonds. The Hall–Kier alpha value is -4.12. The number of halogens is 2. The van der Waals surface area contributed by atoms with E-state index in [0.717, 1.165) is 60.3 Å². The Kier molecular flexibility index (Phi) is 10.8. The van der Waals surface area contributed by atoms with Crippen molar-refractivity contribution < 1.29 is 14.3 Å². The number of hydrogen-bond acceptors (Lipinski definition) is 9. The van der Waals surface area contributed by atoms with Gasteiger partial charge in [-0.2, -0.15) is 0 Å². The first-order valence-corrected chi connectivity index (χ1v) is 17.1. The van der Waals surface area contributed by atoms with Gasteiger partial charge in [-0.25, -0.2) is 9.97 Å². The third-order valence-electron chi connectivity index (χ3n) is 9.05. The predicted molar refractivity (Wildman–Crippen MR) is 188 cm³/mol. The van der Waals surface area contributed by atoms with Gasteiger partial charge in [-0.05, 0) is 44.6 Å². The summed E-state index contributed by atoms with van der Waals surface area (Å²) in [5.41, 5.74) is 5.71. The Morgan fingerprint density at radius 1 is 0.896 bits per heavy atom. The van der Waals surface area contributed by atoms with Crippen molar-refractivity contribution in [3.63, 3.8) is 0 Å². The van der Waals surface area contributed by atoms with Gasteiger partial charge in [0.1, 0.15) is 17.3 Å². The molecule has 2 fully saturated rings. The van der Waals surface area contributed by atoms with Crippen LogP contribution in [0.3, 0.4) is 0 Å². The highest BCUT2D eigenvalue weighted by Crippen LogP contribution is 2.42. The molecule has 10 nitrogen and oxygen atoms in total. The quantitative estimate of drug-likeness (QED) is 0.141. The first kappa shape index (κ1) is 33.8. The van der Waals surface area contributed by atoms with E-state index in [1.807, 2.05) is 43.4 Å². The fourth-order valence-corrected chi connectivity index (χ4v) is 7.13. The summed E-state index contributed by atoms with van der Waals surface area (Å²) in [6.07, 6.45) is 9.64. The Balaban J connectivity index is 1.20. The van der Waals surface area contributed by atoms with Gasteiger partial charge in [0.25, 0.3) is 0 Å². The van der Waals surface area contributed by atoms with Crippen molar-refractivity contribution in [2.24, 2.45) is 5.92 Å². The number of aryl methyl sites for hydroxylation is 1. The lowest BCUT2D eigenvalue weighted by Crippen LogP contribution is -2.25. The Labute approximate surface area is 290 Å². The van der Waals surface area contributed by atoms with Gasteiger partial charge < -0.3 is 20.7 Å². The summed E-state index contributed by atoms with van der Waals surface area (Å²) in [4.78, 5) is 42.1. The molecule has 3 N–H and O–H groups in total. The first-order valence-electron chi connectivity index (χ1n) is 16.4. The van der Waals surface area contributed by atoms with Crippen LogP contribution in [0.2, 0.25) is 10.0 Å². The van der Waals surface area contributed by atoms with Crippen LogP contribution < -0.4 is 20.7 Å². The Morgan fingerprint density at radius 3 is 2.17 bits per heavy atom. The molecule has 1 saturated heterocycles. The van der Waals surface area contributed by atoms with Gasteiger partial charge in [-0.1, -0.05) is 59.6 Å². The zero-order valence-corrected chi connectivity index (χ0v) is 28.6. The molecule has 6 rings (SSSR count). The van der Waals surface area contributed by atoms with Crippen molar-refractivity contribution >= 4 is 40.7 Å². The molecule has 2 aromatic carbocycles. The Bertz CT molecular complexity index is 1690. The molecule has 4 aromatic rings. The zero-order chi connectivity index (χ0) is 33.6. The Morgan fingerprint density at radius 2 is 1.56 bits per heavy atom. The average molecular weight is 689 g/mol. The molecule has 2 aromatic heterocycles. The molecule has 1 saturated carbocycles. The van der Waals surface area contributed by atoms with E-state index < -0.39 is 0 Å². The number of carbonyl (C=O) groups excluding carboxylic acids is 2. The number of methoxy groups -OCH3 is 1. The molecule has 0 bridgehead atoms. The maximum Gasteiger partial charge on any atom is 0.235 e. The van der Waals surface area contributed by atoms with E-state index in [2.05, 4.69) is 20.9 Å². The van der Waals surface area contributed by atoms with Gasteiger partial charge in [0.15, 0.2) is 0 Å². The second-order valence-corrected chi connectivity index (χ2v) is 13.1. The molecule has 1 aliphatic carbocycles. The number of Topliss-reactive ketones (excluding diaryl/α,β-unsaturated/α-hetero) is 1. The normalized spacial score (nSPS) is 17.5. The zero-order valence-electron chi connectivity index (χ0n) is 27.1. The maximum absolute atomic E-state index is 11.6. The number of ether oxygens (including phenoxy) is 1. The number of ketones is 1. The monoisotopic (exact) mass is 687 g/mol. The maximum atomic E-state index is 11.6. The predicted octanol–water partition coefficient (Wildman–Crippen LogP) is 6.68. The van der Waals surface area contributed by atoms with E-state index in [4.69, 9.17) is 42.9 Å². The third-order valence-corrected chi connectivity index (χ3v) is 9.87. The standard InChI is InChI=1S/C36H39Cl2N7O3/c1-39-35-31(18-40-17-21-12-14-23(46)16-21)42-19-29(44-35)26-9-4-7-24(33(26)37)25-8-5-10-27(34(25)38)30-20-41-28(36(45-30)48-2)11-3-6-22-13-15-32(47)43-22/h4-5,7-10,19-22,40H,3,6,11-18H2,1-2H3,(H,39,44)(H,43,47)/t21-,22-/m1/s1. The van der Waals surface area contributed by atoms with Crippen molar-refractivity contribution in [1.82, 2.24) is 30.6 Å². The van der Waals surface area contributed by atoms with Gasteiger partial charge in [0.05, 0.1) is 46.6 Å². The number of amides is 1. The van der Waals surface area contributed by atoms with Gasteiger partial charge in [-0.15, -0.1) is 0 Å². The highest BCUT2D eigenvalue weighted by Gasteiger charge is 2.23. The highest BCUT2D eigenvalue weighted by molar-refractivity contribution is 6.39. The SMILES string of the molecule is CNc1nc(-c2cccc(-c3cccc(-c4cnc(CCC[C@@H]5CCC(=O)N5)c(OC)n4)c3Cl)c2Cl)cnc1CNC[C@@H]1CCC(=O)C1. The van der Waals surface area contributed by atoms with Gasteiger partial charge >= 0.3 is 0 Å². The number of carbonyl (C=O) groups is 2. The van der Waals surface area contributed by atoms with Crippen LogP contribution in [0.1, 0.15) is 56.3 Å². The van der Waals surface area contributed by atoms with E-state index in [0.29, 0.717) is 82.6 Å². The van der Waals surface area contributed by atoms with Crippen LogP contribution in [0.25, 0.3) is 33.6 Å². The molecule has 2 aliphatic rings. The topological polar surface area (TPSA) is 131 Å². The van der Waals surface area contributed by atoms with Crippen molar-refractivity contribution in [2.45, 2.75) is 64.0 Å². The molecule has 3 heterocycles. The molecule has 1 aliphatic heterocycles. The molecule has 0 spiro atoms. The molecular weight excluding hydrogens is 649 g/mol. The van der Waals surface area contributed by atoms with Crippen LogP contribution >= 0.6 is 23.2 Å². The molecule has 48 heavy (non-hydrogen) atoms. The number of nitrogens with zero attached hydrogens (tertiary/aromatic N) is 4. The lowest BCUT2D eigenvalue weighted by Gasteiger charge is -2.15. The first-order chi connectivity index (χ1) is 23.3. The largest absolute Gasteiger partial charge is 0.480 e. The van der Waals surface area contributed by atoms with E-state index in [-0.39, 0.29) is 11.9 Å². The second-order valence-electron chi connectivity index (χ2n) is 12.3. The summed E-state index contributed by atoms with van der Waals surface area (Å²) in [5.74, 6) is 1.96. The van der Waals surface area contributed by atoms with Crippen molar-refractivity contribution in [3.05, 3.63) is 70.2 Å². The molecule has 2 atom stereocenters. The van der Waals surface area contributed by atoms with Crippen molar-refractivity contribution in [2.75, 3.05) is 26.0 Å². The minimum atomic E-state index is 0.124. The molecular formula is C36H39Cl2N7O3. The number of nitrogens with one attached hydrogen (secondary N) is 3. The minimum absolute atomic E-state index is 0.124. The number of rotatable bonds is 13. The molecule has 12 heteroatoms. The van der Waals surface area contributed by atoms with Gasteiger partial charge in [0, 0.05) is 61.2 Å². The second kappa shape index (κ2) is 15.4. The van der Waals surface area contributed by atoms with Crippen LogP contribution in [-0.4, -0.2) is 58.4 Å². The highest BCUT2D eigenvalue weighted by atomic mass is 35.5. The fourth-order valence-electron chi connectivity index (χ4n) is 6.48. The van der Waals surface area contributed by atoms with Crippen LogP contribution in [0.15, 0.2) is 48.8 Å². The summed E-state index contributed by atoms with van der Waals surface area (Å²) < 4.78 is 5.62. The van der Waals surface area contributed by atoms with Crippen LogP contribution in [0.4, 0.5) is 5.82 Å². The summed E-state index contributed by atoms with van der Waals surface area (Å²) >= 11 is 14.1. The summed E-state index contributed by atoms with van der Waals surface area (Å²) in [7, 11) is 3.40. The van der Waals surface area contributed by atoms with E-state index in [1.165, 1.54) is 0 Å². The fraction of sp³-hybridized carbons (Fsp3) is 0.389. The third kappa shape index (κ3) is 7.61. The van der Waals surface area contributed by atoms with Crippen LogP contribution in [0, 0.1) is 5.92 Å². The number of hydrogen-bond donors (Lipinski definition) is 3. The molecule has 0 radical (unpaired) electrons. The van der Waals surface area contributed by atoms with Crippen molar-refractivity contribution in [3.8, 4) is 39.5 Å². The smallest absolute Gasteiger partial charge is 0.235 e. The van der Waals surface area contributed by atoms with Crippen molar-refractivity contribution in [1.29, 1.82) is 0 Å². The summed E-state index contributed by atoms with van der Waals surface area (Å²) in [5, 5.41) is 10.6. The minimum Gasteiger partial charge on any atom is -0.480 e. The van der Waals surface area contributed by atoms with E-state index in [9.17, 15) is 9.59 Å². The van der Waals surface area contributed by atoms with E-state index >= 15 is 0 Å². The summed E-state index contributed by atoms with van der Waals surface area (Å²) in [6, 6.07) is 11.7. The number of benzene rings is 2. The van der Waals surface area contributed by atoms with Gasteiger partial charge in [-0.3, -0.25) is 19.6 Å². The van der Waals surface area contributed by atoms with E-state index in [1.54, 1.807) is 19.5 Å². The number of anilines is 1. The molecule has 0 unspecified atom stereocenters. The lowest BCUT2D eigenvalue weighted by molar-refractivity contribution is -0.119. The summed E-state index contributed by atoms with van der Waals surface area (Å²) in [6.45, 7) is 1.32. The lowest BCUT2D eigenvalue weighted by atomic mass is 9.98. The van der Waals surface area contributed by atoms with Gasteiger partial charge in [0.2, 0.25) is 11.8 Å². The number of aromatic nitrogens is 4. The average Bonchev–Trinajstić information content (AvgIpc) is 3.72. The molecule has 250 valence electrons. The van der Waals surface area contributed by atoms with Crippen LogP contribution in [-0.2, 0) is 22.6 Å².